The molecular formula is C10H11FO2. The van der Waals surface area contributed by atoms with Crippen LogP contribution in [0.15, 0.2) is 24.3 Å². The van der Waals surface area contributed by atoms with E-state index in [1.807, 2.05) is 0 Å². The predicted octanol–water partition coefficient (Wildman–Crippen LogP) is 2.45. The summed E-state index contributed by atoms with van der Waals surface area (Å²) in [5, 5.41) is 0. The van der Waals surface area contributed by atoms with Gasteiger partial charge in [-0.1, -0.05) is 12.1 Å². The molecule has 0 aliphatic carbocycles. The fourth-order valence-corrected chi connectivity index (χ4v) is 1.08. The summed E-state index contributed by atoms with van der Waals surface area (Å²) >= 11 is 0. The third kappa shape index (κ3) is 2.86. The first-order valence-electron chi connectivity index (χ1n) is 4.02. The monoisotopic (exact) mass is 182 g/mol. The fourth-order valence-electron chi connectivity index (χ4n) is 1.08. The van der Waals surface area contributed by atoms with Crippen molar-refractivity contribution in [2.75, 3.05) is 0 Å². The van der Waals surface area contributed by atoms with Crippen LogP contribution in [0.3, 0.4) is 0 Å². The summed E-state index contributed by atoms with van der Waals surface area (Å²) in [4.78, 5) is 10.6. The van der Waals surface area contributed by atoms with E-state index in [2.05, 4.69) is 0 Å². The summed E-state index contributed by atoms with van der Waals surface area (Å²) in [5.41, 5.74) is 0.662. The lowest BCUT2D eigenvalue weighted by molar-refractivity contribution is -0.145. The highest BCUT2D eigenvalue weighted by Crippen LogP contribution is 2.17. The second kappa shape index (κ2) is 4.03. The number of carbonyl (C=O) groups excluding carboxylic acids is 1. The van der Waals surface area contributed by atoms with Crippen molar-refractivity contribution >= 4 is 5.97 Å². The number of carbonyl (C=O) groups is 1. The van der Waals surface area contributed by atoms with Crippen molar-refractivity contribution in [3.05, 3.63) is 35.6 Å². The molecule has 1 atom stereocenters. The third-order valence-electron chi connectivity index (χ3n) is 1.66. The first-order valence-corrected chi connectivity index (χ1v) is 4.02. The van der Waals surface area contributed by atoms with Gasteiger partial charge in [0.25, 0.3) is 0 Å². The molecule has 0 radical (unpaired) electrons. The molecule has 13 heavy (non-hydrogen) atoms. The van der Waals surface area contributed by atoms with E-state index in [0.717, 1.165) is 0 Å². The lowest BCUT2D eigenvalue weighted by Gasteiger charge is -2.11. The van der Waals surface area contributed by atoms with Gasteiger partial charge in [0.05, 0.1) is 0 Å². The van der Waals surface area contributed by atoms with E-state index in [1.54, 1.807) is 19.1 Å². The molecule has 0 bridgehead atoms. The summed E-state index contributed by atoms with van der Waals surface area (Å²) in [6.07, 6.45) is -0.395. The summed E-state index contributed by atoms with van der Waals surface area (Å²) in [6.45, 7) is 3.03. The van der Waals surface area contributed by atoms with Gasteiger partial charge in [-0.05, 0) is 24.6 Å². The van der Waals surface area contributed by atoms with Gasteiger partial charge in [0.2, 0.25) is 0 Å². The van der Waals surface area contributed by atoms with Crippen LogP contribution in [0.1, 0.15) is 25.5 Å². The van der Waals surface area contributed by atoms with Crippen LogP contribution < -0.4 is 0 Å². The summed E-state index contributed by atoms with van der Waals surface area (Å²) in [5.74, 6) is -0.687. The maximum Gasteiger partial charge on any atom is 0.303 e. The van der Waals surface area contributed by atoms with Crippen molar-refractivity contribution in [3.63, 3.8) is 0 Å². The van der Waals surface area contributed by atoms with Crippen molar-refractivity contribution < 1.29 is 13.9 Å². The van der Waals surface area contributed by atoms with Crippen LogP contribution in [-0.4, -0.2) is 5.97 Å². The second-order valence-corrected chi connectivity index (χ2v) is 2.81. The van der Waals surface area contributed by atoms with Gasteiger partial charge >= 0.3 is 5.97 Å². The average Bonchev–Trinajstić information content (AvgIpc) is 2.03. The Hall–Kier alpha value is -1.38. The Labute approximate surface area is 76.3 Å². The van der Waals surface area contributed by atoms with Crippen LogP contribution in [-0.2, 0) is 9.53 Å². The van der Waals surface area contributed by atoms with E-state index >= 15 is 0 Å². The molecule has 1 rings (SSSR count). The molecule has 70 valence electrons. The van der Waals surface area contributed by atoms with Gasteiger partial charge in [-0.3, -0.25) is 4.79 Å². The molecule has 0 heterocycles. The van der Waals surface area contributed by atoms with E-state index in [1.165, 1.54) is 19.1 Å². The molecule has 3 heteroatoms. The highest BCUT2D eigenvalue weighted by atomic mass is 19.1. The Morgan fingerprint density at radius 1 is 1.54 bits per heavy atom. The standard InChI is InChI=1S/C10H11FO2/c1-7(13-8(2)12)9-4-3-5-10(11)6-9/h3-7H,1-2H3. The predicted molar refractivity (Wildman–Crippen MR) is 46.6 cm³/mol. The van der Waals surface area contributed by atoms with Gasteiger partial charge in [-0.2, -0.15) is 0 Å². The molecule has 2 nitrogen and oxygen atoms in total. The van der Waals surface area contributed by atoms with Gasteiger partial charge in [0.1, 0.15) is 11.9 Å². The van der Waals surface area contributed by atoms with Crippen LogP contribution in [0.5, 0.6) is 0 Å². The minimum absolute atomic E-state index is 0.323. The average molecular weight is 182 g/mol. The number of halogens is 1. The van der Waals surface area contributed by atoms with Crippen molar-refractivity contribution in [3.8, 4) is 0 Å². The Kier molecular flexibility index (Phi) is 3.01. The smallest absolute Gasteiger partial charge is 0.303 e. The molecule has 0 saturated carbocycles. The number of ether oxygens (including phenoxy) is 1. The zero-order valence-electron chi connectivity index (χ0n) is 7.58. The maximum absolute atomic E-state index is 12.7. The van der Waals surface area contributed by atoms with Crippen LogP contribution in [0.2, 0.25) is 0 Å². The molecule has 0 N–H and O–H groups in total. The number of rotatable bonds is 2. The van der Waals surface area contributed by atoms with Gasteiger partial charge in [0, 0.05) is 6.92 Å². The van der Waals surface area contributed by atoms with E-state index in [0.29, 0.717) is 5.56 Å². The third-order valence-corrected chi connectivity index (χ3v) is 1.66. The Morgan fingerprint density at radius 3 is 2.77 bits per heavy atom. The highest BCUT2D eigenvalue weighted by Gasteiger charge is 2.08. The van der Waals surface area contributed by atoms with E-state index in [-0.39, 0.29) is 11.8 Å². The summed E-state index contributed by atoms with van der Waals surface area (Å²) in [6, 6.07) is 6.01. The van der Waals surface area contributed by atoms with Crippen LogP contribution in [0, 0.1) is 5.82 Å². The Balaban J connectivity index is 2.76. The zero-order valence-corrected chi connectivity index (χ0v) is 7.58. The lowest BCUT2D eigenvalue weighted by atomic mass is 10.1. The Morgan fingerprint density at radius 2 is 2.23 bits per heavy atom. The molecule has 0 spiro atoms. The van der Waals surface area contributed by atoms with E-state index in [9.17, 15) is 9.18 Å². The molecule has 1 aromatic carbocycles. The second-order valence-electron chi connectivity index (χ2n) is 2.81. The highest BCUT2D eigenvalue weighted by molar-refractivity contribution is 5.66. The minimum atomic E-state index is -0.395. The van der Waals surface area contributed by atoms with Gasteiger partial charge in [0.15, 0.2) is 0 Å². The molecule has 1 aromatic rings. The number of esters is 1. The summed E-state index contributed by atoms with van der Waals surface area (Å²) in [7, 11) is 0. The molecule has 0 aromatic heterocycles. The quantitative estimate of drug-likeness (QED) is 0.656. The van der Waals surface area contributed by atoms with Gasteiger partial charge in [-0.15, -0.1) is 0 Å². The van der Waals surface area contributed by atoms with Crippen LogP contribution in [0.25, 0.3) is 0 Å². The van der Waals surface area contributed by atoms with Crippen LogP contribution >= 0.6 is 0 Å². The minimum Gasteiger partial charge on any atom is -0.458 e. The van der Waals surface area contributed by atoms with E-state index in [4.69, 9.17) is 4.74 Å². The van der Waals surface area contributed by atoms with Gasteiger partial charge < -0.3 is 4.74 Å². The summed E-state index contributed by atoms with van der Waals surface area (Å²) < 4.78 is 17.6. The lowest BCUT2D eigenvalue weighted by Crippen LogP contribution is -2.04. The Bertz CT molecular complexity index is 310. The van der Waals surface area contributed by atoms with Crippen molar-refractivity contribution in [1.82, 2.24) is 0 Å². The van der Waals surface area contributed by atoms with Crippen molar-refractivity contribution in [1.29, 1.82) is 0 Å². The zero-order chi connectivity index (χ0) is 9.84. The normalized spacial score (nSPS) is 12.2. The first-order chi connectivity index (χ1) is 6.09. The first kappa shape index (κ1) is 9.71. The topological polar surface area (TPSA) is 26.3 Å². The van der Waals surface area contributed by atoms with Crippen LogP contribution in [0.4, 0.5) is 4.39 Å². The maximum atomic E-state index is 12.7. The fraction of sp³-hybridized carbons (Fsp3) is 0.300. The number of hydrogen-bond donors (Lipinski definition) is 0. The largest absolute Gasteiger partial charge is 0.458 e. The molecule has 0 aliphatic heterocycles. The molecular weight excluding hydrogens is 171 g/mol. The van der Waals surface area contributed by atoms with E-state index < -0.39 is 6.10 Å². The SMILES string of the molecule is CC(=O)OC(C)c1cccc(F)c1. The molecule has 0 amide bonds. The van der Waals surface area contributed by atoms with Gasteiger partial charge in [-0.25, -0.2) is 4.39 Å². The molecule has 0 fully saturated rings. The molecule has 0 saturated heterocycles. The number of benzene rings is 1. The molecule has 0 aliphatic rings. The number of hydrogen-bond acceptors (Lipinski definition) is 2. The van der Waals surface area contributed by atoms with Crippen molar-refractivity contribution in [2.24, 2.45) is 0 Å². The van der Waals surface area contributed by atoms with Crippen molar-refractivity contribution in [2.45, 2.75) is 20.0 Å². The molecule has 1 unspecified atom stereocenters.